The molecule has 0 aliphatic carbocycles. The molecule has 172 valence electrons. The largest absolute Gasteiger partial charge is 0.507 e. The van der Waals surface area contributed by atoms with Gasteiger partial charge in [0.15, 0.2) is 11.6 Å². The fraction of sp³-hybridized carbons (Fsp3) is 0.259. The van der Waals surface area contributed by atoms with Crippen molar-refractivity contribution in [3.05, 3.63) is 78.1 Å². The standard InChI is InChI=1S/C27H27N5O2/c1-18-10-11-20-23(17-18)29-26(21-7-3-4-9-24(21)34)30-27(20)32-15-13-31(14-16-32)25(19(2)33)22-8-5-6-12-28-22/h3-12,17,25,34H,13-16H2,1-2H3. The Morgan fingerprint density at radius 3 is 2.44 bits per heavy atom. The van der Waals surface area contributed by atoms with Crippen molar-refractivity contribution >= 4 is 22.5 Å². The summed E-state index contributed by atoms with van der Waals surface area (Å²) < 4.78 is 0. The Labute approximate surface area is 198 Å². The monoisotopic (exact) mass is 453 g/mol. The number of hydrogen-bond donors (Lipinski definition) is 1. The van der Waals surface area contributed by atoms with E-state index in [1.807, 2.05) is 43.3 Å². The SMILES string of the molecule is CC(=O)C(c1ccccn1)N1CCN(c2nc(-c3ccccc3O)nc3cc(C)ccc23)CC1. The molecule has 0 saturated carbocycles. The summed E-state index contributed by atoms with van der Waals surface area (Å²) in [5.41, 5.74) is 3.36. The Morgan fingerprint density at radius 2 is 1.74 bits per heavy atom. The van der Waals surface area contributed by atoms with Gasteiger partial charge < -0.3 is 10.0 Å². The number of pyridine rings is 1. The van der Waals surface area contributed by atoms with Crippen molar-refractivity contribution in [2.24, 2.45) is 0 Å². The number of piperazine rings is 1. The second-order valence-corrected chi connectivity index (χ2v) is 8.70. The maximum atomic E-state index is 12.5. The number of aromatic hydroxyl groups is 1. The number of carbonyl (C=O) groups is 1. The molecule has 1 atom stereocenters. The summed E-state index contributed by atoms with van der Waals surface area (Å²) >= 11 is 0. The highest BCUT2D eigenvalue weighted by atomic mass is 16.3. The third-order valence-electron chi connectivity index (χ3n) is 6.31. The number of rotatable bonds is 5. The highest BCUT2D eigenvalue weighted by Crippen LogP contribution is 2.33. The number of fused-ring (bicyclic) bond motifs is 1. The zero-order valence-corrected chi connectivity index (χ0v) is 19.3. The molecule has 1 aliphatic heterocycles. The molecule has 1 aliphatic rings. The smallest absolute Gasteiger partial charge is 0.165 e. The molecular formula is C27H27N5O2. The quantitative estimate of drug-likeness (QED) is 0.486. The first-order valence-corrected chi connectivity index (χ1v) is 11.5. The number of para-hydroxylation sites is 1. The van der Waals surface area contributed by atoms with E-state index in [4.69, 9.17) is 9.97 Å². The average Bonchev–Trinajstić information content (AvgIpc) is 2.84. The lowest BCUT2D eigenvalue weighted by Gasteiger charge is -2.39. The van der Waals surface area contributed by atoms with Crippen LogP contribution in [0.25, 0.3) is 22.3 Å². The lowest BCUT2D eigenvalue weighted by atomic mass is 10.1. The van der Waals surface area contributed by atoms with E-state index in [9.17, 15) is 9.90 Å². The Bertz CT molecular complexity index is 1330. The van der Waals surface area contributed by atoms with Crippen molar-refractivity contribution in [2.75, 3.05) is 31.1 Å². The van der Waals surface area contributed by atoms with Gasteiger partial charge in [-0.25, -0.2) is 9.97 Å². The lowest BCUT2D eigenvalue weighted by Crippen LogP contribution is -2.49. The first kappa shape index (κ1) is 22.0. The summed E-state index contributed by atoms with van der Waals surface area (Å²) in [5.74, 6) is 1.60. The van der Waals surface area contributed by atoms with Gasteiger partial charge >= 0.3 is 0 Å². The molecule has 34 heavy (non-hydrogen) atoms. The fourth-order valence-corrected chi connectivity index (χ4v) is 4.63. The van der Waals surface area contributed by atoms with Crippen LogP contribution in [0.5, 0.6) is 5.75 Å². The van der Waals surface area contributed by atoms with Crippen molar-refractivity contribution in [1.29, 1.82) is 0 Å². The maximum absolute atomic E-state index is 12.5. The summed E-state index contributed by atoms with van der Waals surface area (Å²) in [6.45, 7) is 6.53. The number of benzene rings is 2. The molecule has 7 heteroatoms. The van der Waals surface area contributed by atoms with E-state index in [0.29, 0.717) is 24.5 Å². The van der Waals surface area contributed by atoms with Crippen LogP contribution in [-0.4, -0.2) is 56.9 Å². The first-order chi connectivity index (χ1) is 16.5. The molecule has 0 radical (unpaired) electrons. The molecule has 0 bridgehead atoms. The molecule has 5 rings (SSSR count). The molecule has 1 unspecified atom stereocenters. The Balaban J connectivity index is 1.48. The lowest BCUT2D eigenvalue weighted by molar-refractivity contribution is -0.122. The molecule has 3 heterocycles. The van der Waals surface area contributed by atoms with Crippen molar-refractivity contribution in [2.45, 2.75) is 19.9 Å². The van der Waals surface area contributed by atoms with E-state index in [1.165, 1.54) is 0 Å². The van der Waals surface area contributed by atoms with Crippen molar-refractivity contribution in [3.8, 4) is 17.1 Å². The maximum Gasteiger partial charge on any atom is 0.165 e. The zero-order chi connectivity index (χ0) is 23.7. The highest BCUT2D eigenvalue weighted by molar-refractivity contribution is 5.92. The van der Waals surface area contributed by atoms with Gasteiger partial charge in [0.25, 0.3) is 0 Å². The van der Waals surface area contributed by atoms with Crippen LogP contribution < -0.4 is 4.90 Å². The number of aromatic nitrogens is 3. The average molecular weight is 454 g/mol. The van der Waals surface area contributed by atoms with Crippen LogP contribution in [0, 0.1) is 6.92 Å². The van der Waals surface area contributed by atoms with Gasteiger partial charge in [0.2, 0.25) is 0 Å². The van der Waals surface area contributed by atoms with Crippen LogP contribution in [0.15, 0.2) is 66.9 Å². The molecule has 7 nitrogen and oxygen atoms in total. The van der Waals surface area contributed by atoms with E-state index in [0.717, 1.165) is 41.1 Å². The van der Waals surface area contributed by atoms with E-state index in [1.54, 1.807) is 25.3 Å². The number of phenolic OH excluding ortho intramolecular Hbond substituents is 1. The van der Waals surface area contributed by atoms with Crippen LogP contribution in [0.4, 0.5) is 5.82 Å². The number of carbonyl (C=O) groups excluding carboxylic acids is 1. The Kier molecular flexibility index (Phi) is 5.94. The molecule has 1 fully saturated rings. The second kappa shape index (κ2) is 9.19. The minimum Gasteiger partial charge on any atom is -0.507 e. The summed E-state index contributed by atoms with van der Waals surface area (Å²) in [7, 11) is 0. The summed E-state index contributed by atoms with van der Waals surface area (Å²) in [6, 6.07) is 18.7. The van der Waals surface area contributed by atoms with Crippen molar-refractivity contribution in [1.82, 2.24) is 19.9 Å². The van der Waals surface area contributed by atoms with Crippen LogP contribution in [0.1, 0.15) is 24.2 Å². The molecule has 1 saturated heterocycles. The predicted octanol–water partition coefficient (Wildman–Crippen LogP) is 4.16. The van der Waals surface area contributed by atoms with Crippen LogP contribution in [0.2, 0.25) is 0 Å². The van der Waals surface area contributed by atoms with Gasteiger partial charge in [-0.2, -0.15) is 0 Å². The topological polar surface area (TPSA) is 82.5 Å². The van der Waals surface area contributed by atoms with E-state index < -0.39 is 0 Å². The van der Waals surface area contributed by atoms with Gasteiger partial charge in [-0.05, 0) is 55.8 Å². The fourth-order valence-electron chi connectivity index (χ4n) is 4.63. The second-order valence-electron chi connectivity index (χ2n) is 8.70. The van der Waals surface area contributed by atoms with Crippen LogP contribution >= 0.6 is 0 Å². The van der Waals surface area contributed by atoms with E-state index >= 15 is 0 Å². The predicted molar refractivity (Wildman–Crippen MR) is 133 cm³/mol. The molecular weight excluding hydrogens is 426 g/mol. The van der Waals surface area contributed by atoms with Gasteiger partial charge in [0.05, 0.1) is 16.8 Å². The summed E-state index contributed by atoms with van der Waals surface area (Å²) in [4.78, 5) is 31.0. The van der Waals surface area contributed by atoms with E-state index in [2.05, 4.69) is 26.9 Å². The minimum absolute atomic E-state index is 0.0944. The van der Waals surface area contributed by atoms with E-state index in [-0.39, 0.29) is 17.6 Å². The highest BCUT2D eigenvalue weighted by Gasteiger charge is 2.30. The third kappa shape index (κ3) is 4.22. The zero-order valence-electron chi connectivity index (χ0n) is 19.3. The van der Waals surface area contributed by atoms with Gasteiger partial charge in [-0.1, -0.05) is 24.3 Å². The molecule has 1 N–H and O–H groups in total. The van der Waals surface area contributed by atoms with Crippen LogP contribution in [-0.2, 0) is 4.79 Å². The number of Topliss-reactive ketones (excluding diaryl/α,β-unsaturated/α-hetero) is 1. The van der Waals surface area contributed by atoms with Gasteiger partial charge in [-0.15, -0.1) is 0 Å². The summed E-state index contributed by atoms with van der Waals surface area (Å²) in [6.07, 6.45) is 1.73. The van der Waals surface area contributed by atoms with Crippen molar-refractivity contribution < 1.29 is 9.90 Å². The Hall–Kier alpha value is -3.84. The number of aryl methyl sites for hydroxylation is 1. The van der Waals surface area contributed by atoms with Gasteiger partial charge in [-0.3, -0.25) is 14.7 Å². The molecule has 2 aromatic carbocycles. The third-order valence-corrected chi connectivity index (χ3v) is 6.31. The molecule has 2 aromatic heterocycles. The number of hydrogen-bond acceptors (Lipinski definition) is 7. The molecule has 0 amide bonds. The summed E-state index contributed by atoms with van der Waals surface area (Å²) in [5, 5.41) is 11.4. The van der Waals surface area contributed by atoms with Crippen molar-refractivity contribution in [3.63, 3.8) is 0 Å². The number of anilines is 1. The van der Waals surface area contributed by atoms with Crippen LogP contribution in [0.3, 0.4) is 0 Å². The number of nitrogens with zero attached hydrogens (tertiary/aromatic N) is 5. The Morgan fingerprint density at radius 1 is 0.971 bits per heavy atom. The molecule has 0 spiro atoms. The number of ketones is 1. The van der Waals surface area contributed by atoms with Gasteiger partial charge in [0.1, 0.15) is 17.6 Å². The number of phenols is 1. The first-order valence-electron chi connectivity index (χ1n) is 11.5. The normalized spacial score (nSPS) is 15.4. The molecule has 4 aromatic rings. The minimum atomic E-state index is -0.343. The van der Waals surface area contributed by atoms with Gasteiger partial charge in [0, 0.05) is 37.8 Å².